The van der Waals surface area contributed by atoms with Crippen molar-refractivity contribution in [3.63, 3.8) is 0 Å². The Hall–Kier alpha value is -4.56. The van der Waals surface area contributed by atoms with E-state index in [0.29, 0.717) is 97.9 Å². The molecule has 0 amide bonds. The summed E-state index contributed by atoms with van der Waals surface area (Å²) in [6, 6.07) is 24.1. The molecule has 2 aliphatic rings. The van der Waals surface area contributed by atoms with E-state index in [-0.39, 0.29) is 70.5 Å². The van der Waals surface area contributed by atoms with Crippen molar-refractivity contribution in [1.29, 1.82) is 0 Å². The molecule has 2 aromatic heterocycles. The van der Waals surface area contributed by atoms with Gasteiger partial charge < -0.3 is 50.5 Å². The van der Waals surface area contributed by atoms with Crippen molar-refractivity contribution in [2.45, 2.75) is 9.79 Å². The fourth-order valence-corrected chi connectivity index (χ4v) is 8.05. The molecular weight excluding hydrogens is 863 g/mol. The first-order valence-corrected chi connectivity index (χ1v) is 21.2. The molecule has 2 aliphatic heterocycles. The molecule has 312 valence electrons. The number of nitrogens with one attached hydrogen (secondary N) is 2. The standard InChI is InChI=1S/2C19H20N6O4S.2Na/c2*20-18-16(30(26,27)28)12-15(22-13-4-2-1-3-5-13)19(25-8-10-29-11-9-25)17(18)14-6-7-21-24-23-14;;/h2*1-7,12,22H,8-11,20H2,(H,26,27,28);;/q;;2*+1/p-2. The third-order valence-electron chi connectivity index (χ3n) is 9.42. The molecule has 2 fully saturated rings. The van der Waals surface area contributed by atoms with Crippen LogP contribution in [-0.4, -0.2) is 109 Å². The van der Waals surface area contributed by atoms with E-state index in [0.717, 1.165) is 11.4 Å². The molecule has 0 bridgehead atoms. The van der Waals surface area contributed by atoms with E-state index < -0.39 is 30.0 Å². The fraction of sp³-hybridized carbons (Fsp3) is 0.211. The molecule has 4 heterocycles. The number of benzene rings is 4. The molecule has 0 atom stereocenters. The normalized spacial score (nSPS) is 14.0. The number of nitrogens with two attached hydrogens (primary N) is 2. The topological polar surface area (TPSA) is 293 Å². The van der Waals surface area contributed by atoms with Gasteiger partial charge in [-0.15, -0.1) is 20.4 Å². The van der Waals surface area contributed by atoms with Crippen molar-refractivity contribution >= 4 is 65.7 Å². The Balaban J connectivity index is 0.000000227. The van der Waals surface area contributed by atoms with Gasteiger partial charge in [-0.1, -0.05) is 36.4 Å². The third kappa shape index (κ3) is 11.5. The molecule has 6 aromatic rings. The van der Waals surface area contributed by atoms with Crippen LogP contribution in [0.1, 0.15) is 0 Å². The number of hydrogen-bond acceptors (Lipinski definition) is 20. The van der Waals surface area contributed by atoms with Crippen LogP contribution in [0.25, 0.3) is 22.5 Å². The number of nitrogen functional groups attached to an aromatic ring is 2. The minimum Gasteiger partial charge on any atom is -0.744 e. The van der Waals surface area contributed by atoms with Gasteiger partial charge in [-0.3, -0.25) is 0 Å². The summed E-state index contributed by atoms with van der Waals surface area (Å²) in [5.41, 5.74) is 16.8. The molecule has 0 saturated carbocycles. The van der Waals surface area contributed by atoms with Crippen LogP contribution < -0.4 is 91.0 Å². The summed E-state index contributed by atoms with van der Waals surface area (Å²) < 4.78 is 82.8. The van der Waals surface area contributed by atoms with Crippen LogP contribution in [0.4, 0.5) is 45.5 Å². The van der Waals surface area contributed by atoms with Gasteiger partial charge in [0.2, 0.25) is 0 Å². The van der Waals surface area contributed by atoms with Gasteiger partial charge in [0.05, 0.1) is 93.9 Å². The summed E-state index contributed by atoms with van der Waals surface area (Å²) in [5, 5.41) is 29.1. The zero-order valence-corrected chi connectivity index (χ0v) is 39.3. The molecule has 0 aliphatic carbocycles. The quantitative estimate of drug-likeness (QED) is 0.0614. The zero-order valence-electron chi connectivity index (χ0n) is 33.7. The van der Waals surface area contributed by atoms with E-state index in [1.54, 1.807) is 12.1 Å². The van der Waals surface area contributed by atoms with Crippen molar-refractivity contribution in [3.05, 3.63) is 97.3 Å². The summed E-state index contributed by atoms with van der Waals surface area (Å²) in [5.74, 6) is 0. The molecule has 2 saturated heterocycles. The number of hydrogen-bond donors (Lipinski definition) is 4. The van der Waals surface area contributed by atoms with Crippen molar-refractivity contribution < 1.29 is 94.5 Å². The van der Waals surface area contributed by atoms with E-state index in [1.165, 1.54) is 24.5 Å². The number of rotatable bonds is 10. The van der Waals surface area contributed by atoms with Crippen LogP contribution >= 0.6 is 0 Å². The maximum atomic E-state index is 12.0. The molecular formula is C38H38N12Na2O8S2. The first-order chi connectivity index (χ1) is 28.9. The second-order valence-corrected chi connectivity index (χ2v) is 15.9. The molecule has 0 radical (unpaired) electrons. The van der Waals surface area contributed by atoms with Crippen LogP contribution in [-0.2, 0) is 29.7 Å². The van der Waals surface area contributed by atoms with Gasteiger partial charge >= 0.3 is 59.1 Å². The maximum Gasteiger partial charge on any atom is 1.00 e. The van der Waals surface area contributed by atoms with Crippen molar-refractivity contribution in [2.24, 2.45) is 0 Å². The molecule has 0 unspecified atom stereocenters. The SMILES string of the molecule is Nc1c(S(=O)(=O)[O-])cc(Nc2ccccc2)c(N2CCOCC2)c1-c1ccnnn1.Nc1c(S(=O)(=O)[O-])cc(Nc2ccccc2)c(N2CCOCC2)c1-c1ccnnn1.[Na+].[Na+]. The van der Waals surface area contributed by atoms with Crippen LogP contribution in [0.2, 0.25) is 0 Å². The Morgan fingerprint density at radius 1 is 0.565 bits per heavy atom. The number of nitrogens with zero attached hydrogens (tertiary/aromatic N) is 8. The number of morpholine rings is 2. The van der Waals surface area contributed by atoms with Crippen LogP contribution in [0.5, 0.6) is 0 Å². The average Bonchev–Trinajstić information content (AvgIpc) is 3.26. The van der Waals surface area contributed by atoms with Crippen molar-refractivity contribution in [2.75, 3.05) is 84.5 Å². The third-order valence-corrected chi connectivity index (χ3v) is 11.2. The van der Waals surface area contributed by atoms with E-state index in [4.69, 9.17) is 20.9 Å². The van der Waals surface area contributed by atoms with Crippen LogP contribution in [0.15, 0.2) is 107 Å². The summed E-state index contributed by atoms with van der Waals surface area (Å²) >= 11 is 0. The van der Waals surface area contributed by atoms with Gasteiger partial charge in [-0.05, 0) is 59.0 Å². The number of anilines is 8. The summed E-state index contributed by atoms with van der Waals surface area (Å²) in [6.45, 7) is 4.19. The van der Waals surface area contributed by atoms with E-state index in [9.17, 15) is 25.9 Å². The first-order valence-electron chi connectivity index (χ1n) is 18.3. The number of para-hydroxylation sites is 2. The minimum absolute atomic E-state index is 0. The molecule has 8 rings (SSSR count). The van der Waals surface area contributed by atoms with Crippen LogP contribution in [0.3, 0.4) is 0 Å². The largest absolute Gasteiger partial charge is 1.00 e. The second-order valence-electron chi connectivity index (χ2n) is 13.2. The number of ether oxygens (including phenoxy) is 2. The van der Waals surface area contributed by atoms with Gasteiger partial charge in [0, 0.05) is 37.6 Å². The zero-order chi connectivity index (χ0) is 42.3. The smallest absolute Gasteiger partial charge is 0.744 e. The Morgan fingerprint density at radius 2 is 0.919 bits per heavy atom. The molecule has 20 nitrogen and oxygen atoms in total. The van der Waals surface area contributed by atoms with Gasteiger partial charge in [-0.25, -0.2) is 16.8 Å². The Morgan fingerprint density at radius 3 is 1.23 bits per heavy atom. The van der Waals surface area contributed by atoms with Gasteiger partial charge in [0.15, 0.2) is 0 Å². The van der Waals surface area contributed by atoms with Gasteiger partial charge in [0.1, 0.15) is 31.6 Å². The van der Waals surface area contributed by atoms with E-state index in [2.05, 4.69) is 41.5 Å². The van der Waals surface area contributed by atoms with E-state index >= 15 is 0 Å². The van der Waals surface area contributed by atoms with Gasteiger partial charge in [0.25, 0.3) is 0 Å². The fourth-order valence-electron chi connectivity index (χ4n) is 6.78. The average molecular weight is 901 g/mol. The Bertz CT molecular complexity index is 2470. The summed E-state index contributed by atoms with van der Waals surface area (Å²) in [6.07, 6.45) is 2.85. The summed E-state index contributed by atoms with van der Waals surface area (Å²) in [7, 11) is -9.70. The number of aromatic nitrogens is 6. The van der Waals surface area contributed by atoms with Gasteiger partial charge in [-0.2, -0.15) is 0 Å². The maximum absolute atomic E-state index is 12.0. The monoisotopic (exact) mass is 900 g/mol. The molecule has 4 aromatic carbocycles. The Kier molecular flexibility index (Phi) is 17.0. The molecule has 24 heteroatoms. The minimum atomic E-state index is -4.85. The predicted octanol–water partition coefficient (Wildman–Crippen LogP) is -2.78. The second kappa shape index (κ2) is 21.7. The van der Waals surface area contributed by atoms with Crippen molar-refractivity contribution in [3.8, 4) is 22.5 Å². The van der Waals surface area contributed by atoms with Crippen molar-refractivity contribution in [1.82, 2.24) is 30.8 Å². The molecule has 6 N–H and O–H groups in total. The van der Waals surface area contributed by atoms with E-state index in [1.807, 2.05) is 70.5 Å². The Labute approximate surface area is 401 Å². The molecule has 62 heavy (non-hydrogen) atoms. The van der Waals surface area contributed by atoms with Crippen LogP contribution in [0, 0.1) is 0 Å². The first kappa shape index (κ1) is 48.5. The summed E-state index contributed by atoms with van der Waals surface area (Å²) in [4.78, 5) is 2.99. The predicted molar refractivity (Wildman–Crippen MR) is 221 cm³/mol. The molecule has 0 spiro atoms.